The van der Waals surface area contributed by atoms with Crippen molar-refractivity contribution >= 4 is 17.3 Å². The van der Waals surface area contributed by atoms with E-state index in [0.29, 0.717) is 36.5 Å². The van der Waals surface area contributed by atoms with Gasteiger partial charge in [-0.3, -0.25) is 4.79 Å². The minimum absolute atomic E-state index is 0.181. The van der Waals surface area contributed by atoms with Crippen molar-refractivity contribution in [2.24, 2.45) is 0 Å². The Bertz CT molecular complexity index is 461. The second-order valence-electron chi connectivity index (χ2n) is 4.97. The fourth-order valence-electron chi connectivity index (χ4n) is 1.69. The van der Waals surface area contributed by atoms with Gasteiger partial charge >= 0.3 is 0 Å². The van der Waals surface area contributed by atoms with Crippen molar-refractivity contribution in [2.75, 3.05) is 38.4 Å². The van der Waals surface area contributed by atoms with Gasteiger partial charge in [-0.2, -0.15) is 0 Å². The molecule has 0 saturated heterocycles. The normalized spacial score (nSPS) is 13.6. The van der Waals surface area contributed by atoms with Crippen molar-refractivity contribution in [3.05, 3.63) is 23.8 Å². The molecule has 6 nitrogen and oxygen atoms in total. The van der Waals surface area contributed by atoms with Crippen LogP contribution in [0.15, 0.2) is 18.2 Å². The number of carbonyl (C=O) groups excluding carboxylic acids is 1. The molecule has 0 aromatic heterocycles. The van der Waals surface area contributed by atoms with Gasteiger partial charge in [0.05, 0.1) is 17.0 Å². The molecule has 0 bridgehead atoms. The Balaban J connectivity index is 2.74. The zero-order valence-corrected chi connectivity index (χ0v) is 12.2. The molecule has 0 aliphatic heterocycles. The number of methoxy groups -OCH3 is 1. The highest BCUT2D eigenvalue weighted by atomic mass is 16.5. The number of aliphatic hydroxyl groups is 1. The molecule has 0 radical (unpaired) electrons. The number of rotatable bonds is 7. The smallest absolute Gasteiger partial charge is 0.251 e. The van der Waals surface area contributed by atoms with Gasteiger partial charge in [0.1, 0.15) is 0 Å². The molecular weight excluding hydrogens is 258 g/mol. The van der Waals surface area contributed by atoms with Crippen molar-refractivity contribution in [1.82, 2.24) is 5.32 Å². The van der Waals surface area contributed by atoms with Crippen molar-refractivity contribution in [2.45, 2.75) is 18.9 Å². The Kier molecular flexibility index (Phi) is 5.79. The largest absolute Gasteiger partial charge is 0.397 e. The number of nitrogens with two attached hydrogens (primary N) is 1. The van der Waals surface area contributed by atoms with Crippen LogP contribution in [-0.4, -0.2) is 43.9 Å². The fourth-order valence-corrected chi connectivity index (χ4v) is 1.69. The van der Waals surface area contributed by atoms with Crippen LogP contribution in [0.25, 0.3) is 0 Å². The zero-order chi connectivity index (χ0) is 15.2. The summed E-state index contributed by atoms with van der Waals surface area (Å²) in [4.78, 5) is 11.6. The van der Waals surface area contributed by atoms with Crippen LogP contribution >= 0.6 is 0 Å². The molecule has 6 heteroatoms. The molecule has 112 valence electrons. The van der Waals surface area contributed by atoms with E-state index in [9.17, 15) is 9.90 Å². The van der Waals surface area contributed by atoms with E-state index in [2.05, 4.69) is 10.6 Å². The Morgan fingerprint density at radius 3 is 2.80 bits per heavy atom. The van der Waals surface area contributed by atoms with E-state index in [1.807, 2.05) is 0 Å². The van der Waals surface area contributed by atoms with Crippen molar-refractivity contribution in [3.63, 3.8) is 0 Å². The van der Waals surface area contributed by atoms with E-state index in [0.717, 1.165) is 0 Å². The van der Waals surface area contributed by atoms with Gasteiger partial charge in [0.15, 0.2) is 0 Å². The van der Waals surface area contributed by atoms with Crippen molar-refractivity contribution in [3.8, 4) is 0 Å². The minimum atomic E-state index is -0.911. The lowest BCUT2D eigenvalue weighted by Gasteiger charge is -2.24. The van der Waals surface area contributed by atoms with Crippen LogP contribution in [0.4, 0.5) is 11.4 Å². The number of ether oxygens (including phenoxy) is 1. The van der Waals surface area contributed by atoms with Gasteiger partial charge in [-0.25, -0.2) is 0 Å². The van der Waals surface area contributed by atoms with Gasteiger partial charge in [-0.15, -0.1) is 0 Å². The van der Waals surface area contributed by atoms with Crippen molar-refractivity contribution < 1.29 is 14.6 Å². The molecular formula is C14H23N3O3. The first-order valence-corrected chi connectivity index (χ1v) is 6.46. The molecule has 1 unspecified atom stereocenters. The highest BCUT2D eigenvalue weighted by molar-refractivity contribution is 5.96. The van der Waals surface area contributed by atoms with E-state index < -0.39 is 5.60 Å². The maximum atomic E-state index is 11.6. The van der Waals surface area contributed by atoms with Gasteiger partial charge in [-0.05, 0) is 25.1 Å². The average molecular weight is 281 g/mol. The lowest BCUT2D eigenvalue weighted by molar-refractivity contribution is 0.0358. The summed E-state index contributed by atoms with van der Waals surface area (Å²) in [5, 5.41) is 15.8. The predicted octanol–water partition coefficient (Wildman–Crippen LogP) is 0.828. The topological polar surface area (TPSA) is 96.6 Å². The molecule has 0 fully saturated rings. The molecule has 1 rings (SSSR count). The predicted molar refractivity (Wildman–Crippen MR) is 79.9 cm³/mol. The van der Waals surface area contributed by atoms with Gasteiger partial charge in [0.2, 0.25) is 0 Å². The average Bonchev–Trinajstić information content (AvgIpc) is 2.43. The quantitative estimate of drug-likeness (QED) is 0.555. The lowest BCUT2D eigenvalue weighted by atomic mass is 10.0. The van der Waals surface area contributed by atoms with E-state index >= 15 is 0 Å². The Morgan fingerprint density at radius 1 is 1.50 bits per heavy atom. The Labute approximate surface area is 119 Å². The second kappa shape index (κ2) is 7.12. The monoisotopic (exact) mass is 281 g/mol. The maximum absolute atomic E-state index is 11.6. The SMILES string of the molecule is CNC(=O)c1ccc(N)c(NCC(C)(O)CCOC)c1. The molecule has 5 N–H and O–H groups in total. The number of nitrogens with one attached hydrogen (secondary N) is 2. The molecule has 0 spiro atoms. The summed E-state index contributed by atoms with van der Waals surface area (Å²) in [5.41, 5.74) is 6.62. The fraction of sp³-hybridized carbons (Fsp3) is 0.500. The van der Waals surface area contributed by atoms with E-state index in [1.165, 1.54) is 0 Å². The molecule has 1 atom stereocenters. The number of carbonyl (C=O) groups is 1. The van der Waals surface area contributed by atoms with Crippen molar-refractivity contribution in [1.29, 1.82) is 0 Å². The van der Waals surface area contributed by atoms with E-state index in [4.69, 9.17) is 10.5 Å². The van der Waals surface area contributed by atoms with Crippen LogP contribution in [0.1, 0.15) is 23.7 Å². The summed E-state index contributed by atoms with van der Waals surface area (Å²) in [6, 6.07) is 4.99. The number of benzene rings is 1. The van der Waals surface area contributed by atoms with Crippen LogP contribution in [0.5, 0.6) is 0 Å². The zero-order valence-electron chi connectivity index (χ0n) is 12.2. The molecule has 0 aliphatic carbocycles. The summed E-state index contributed by atoms with van der Waals surface area (Å²) in [6.07, 6.45) is 0.505. The molecule has 0 saturated carbocycles. The molecule has 1 aromatic rings. The number of hydrogen-bond acceptors (Lipinski definition) is 5. The molecule has 0 aliphatic rings. The summed E-state index contributed by atoms with van der Waals surface area (Å²) in [6.45, 7) is 2.51. The number of nitrogen functional groups attached to an aromatic ring is 1. The standard InChI is InChI=1S/C14H23N3O3/c1-14(19,6-7-20-3)9-17-12-8-10(13(18)16-2)4-5-11(12)15/h4-5,8,17,19H,6-7,9,15H2,1-3H3,(H,16,18). The van der Waals surface area contributed by atoms with Crippen LogP contribution in [0, 0.1) is 0 Å². The van der Waals surface area contributed by atoms with Gasteiger partial charge in [0.25, 0.3) is 5.91 Å². The van der Waals surface area contributed by atoms with Gasteiger partial charge < -0.3 is 26.2 Å². The number of amides is 1. The maximum Gasteiger partial charge on any atom is 0.251 e. The van der Waals surface area contributed by atoms with E-state index in [-0.39, 0.29) is 5.91 Å². The van der Waals surface area contributed by atoms with Crippen LogP contribution in [0.2, 0.25) is 0 Å². The Morgan fingerprint density at radius 2 is 2.20 bits per heavy atom. The summed E-state index contributed by atoms with van der Waals surface area (Å²) in [7, 11) is 3.16. The summed E-state index contributed by atoms with van der Waals surface area (Å²) >= 11 is 0. The van der Waals surface area contributed by atoms with Crippen LogP contribution < -0.4 is 16.4 Å². The van der Waals surface area contributed by atoms with Crippen LogP contribution in [-0.2, 0) is 4.74 Å². The molecule has 20 heavy (non-hydrogen) atoms. The van der Waals surface area contributed by atoms with Crippen LogP contribution in [0.3, 0.4) is 0 Å². The third-order valence-corrected chi connectivity index (χ3v) is 3.05. The first-order chi connectivity index (χ1) is 9.39. The first kappa shape index (κ1) is 16.3. The lowest BCUT2D eigenvalue weighted by Crippen LogP contribution is -2.34. The Hall–Kier alpha value is -1.79. The molecule has 1 amide bonds. The second-order valence-corrected chi connectivity index (χ2v) is 4.97. The number of hydrogen-bond donors (Lipinski definition) is 4. The summed E-state index contributed by atoms with van der Waals surface area (Å²) in [5.74, 6) is -0.181. The van der Waals surface area contributed by atoms with Gasteiger partial charge in [0, 0.05) is 39.3 Å². The first-order valence-electron chi connectivity index (χ1n) is 6.46. The minimum Gasteiger partial charge on any atom is -0.397 e. The summed E-state index contributed by atoms with van der Waals surface area (Å²) < 4.78 is 4.95. The van der Waals surface area contributed by atoms with E-state index in [1.54, 1.807) is 39.3 Å². The van der Waals surface area contributed by atoms with Gasteiger partial charge in [-0.1, -0.05) is 0 Å². The molecule has 1 aromatic carbocycles. The third-order valence-electron chi connectivity index (χ3n) is 3.05. The number of anilines is 2. The third kappa shape index (κ3) is 4.71. The highest BCUT2D eigenvalue weighted by Crippen LogP contribution is 2.21. The molecule has 0 heterocycles. The highest BCUT2D eigenvalue weighted by Gasteiger charge is 2.20.